The number of nitrogens with zero attached hydrogens (tertiary/aromatic N) is 3. The van der Waals surface area contributed by atoms with E-state index in [4.69, 9.17) is 21.9 Å². The number of hydrogen-bond acceptors (Lipinski definition) is 5. The minimum atomic E-state index is 0.357. The first-order valence-corrected chi connectivity index (χ1v) is 6.38. The number of halogens is 1. The van der Waals surface area contributed by atoms with E-state index in [2.05, 4.69) is 15.1 Å². The Hall–Kier alpha value is -2.40. The number of hydrogen-bond donors (Lipinski definition) is 1. The molecule has 0 radical (unpaired) electrons. The Morgan fingerprint density at radius 3 is 2.85 bits per heavy atom. The number of aromatic nitrogens is 3. The number of nitrogens with two attached hydrogens (primary N) is 1. The van der Waals surface area contributed by atoms with E-state index in [9.17, 15) is 0 Å². The van der Waals surface area contributed by atoms with Crippen molar-refractivity contribution in [2.24, 2.45) is 0 Å². The van der Waals surface area contributed by atoms with E-state index < -0.39 is 0 Å². The maximum atomic E-state index is 5.98. The van der Waals surface area contributed by atoms with Crippen LogP contribution in [0.4, 0.5) is 5.69 Å². The van der Waals surface area contributed by atoms with E-state index in [-0.39, 0.29) is 0 Å². The normalized spacial score (nSPS) is 10.7. The quantitative estimate of drug-likeness (QED) is 0.749. The van der Waals surface area contributed by atoms with Gasteiger partial charge in [-0.3, -0.25) is 4.98 Å². The maximum Gasteiger partial charge on any atom is 0.260 e. The van der Waals surface area contributed by atoms with Gasteiger partial charge in [-0.05, 0) is 24.3 Å². The summed E-state index contributed by atoms with van der Waals surface area (Å²) in [5, 5.41) is 4.40. The Bertz CT molecular complexity index is 727. The van der Waals surface area contributed by atoms with Gasteiger partial charge in [0.2, 0.25) is 0 Å². The maximum absolute atomic E-state index is 5.98. The molecule has 100 valence electrons. The lowest BCUT2D eigenvalue weighted by Crippen LogP contribution is -1.94. The van der Waals surface area contributed by atoms with Crippen molar-refractivity contribution in [3.05, 3.63) is 59.1 Å². The summed E-state index contributed by atoms with van der Waals surface area (Å²) in [7, 11) is 0. The van der Waals surface area contributed by atoms with Crippen LogP contribution < -0.4 is 5.73 Å². The number of para-hydroxylation sites is 1. The summed E-state index contributed by atoms with van der Waals surface area (Å²) in [6.45, 7) is 0. The Kier molecular flexibility index (Phi) is 3.35. The van der Waals surface area contributed by atoms with Gasteiger partial charge in [-0.25, -0.2) is 0 Å². The van der Waals surface area contributed by atoms with Gasteiger partial charge >= 0.3 is 0 Å². The largest absolute Gasteiger partial charge is 0.397 e. The highest BCUT2D eigenvalue weighted by molar-refractivity contribution is 6.33. The fourth-order valence-corrected chi connectivity index (χ4v) is 2.00. The molecule has 0 aliphatic rings. The average Bonchev–Trinajstić information content (AvgIpc) is 2.91. The molecule has 0 fully saturated rings. The Labute approximate surface area is 120 Å². The Morgan fingerprint density at radius 2 is 2.05 bits per heavy atom. The predicted molar refractivity (Wildman–Crippen MR) is 76.2 cm³/mol. The van der Waals surface area contributed by atoms with Crippen LogP contribution >= 0.6 is 11.6 Å². The van der Waals surface area contributed by atoms with Crippen LogP contribution in [-0.2, 0) is 6.42 Å². The molecule has 0 saturated heterocycles. The predicted octanol–water partition coefficient (Wildman–Crippen LogP) is 2.96. The average molecular weight is 287 g/mol. The lowest BCUT2D eigenvalue weighted by atomic mass is 10.2. The SMILES string of the molecule is Nc1c(Cl)cccc1-c1nc(Cc2ccccn2)no1. The fourth-order valence-electron chi connectivity index (χ4n) is 1.82. The molecule has 5 nitrogen and oxygen atoms in total. The van der Waals surface area contributed by atoms with Crippen LogP contribution in [0, 0.1) is 0 Å². The van der Waals surface area contributed by atoms with E-state index in [1.807, 2.05) is 18.2 Å². The van der Waals surface area contributed by atoms with E-state index in [0.29, 0.717) is 34.4 Å². The second-order valence-electron chi connectivity index (χ2n) is 4.21. The van der Waals surface area contributed by atoms with Crippen molar-refractivity contribution >= 4 is 17.3 Å². The van der Waals surface area contributed by atoms with Crippen LogP contribution in [0.15, 0.2) is 47.1 Å². The molecule has 3 rings (SSSR count). The molecule has 6 heteroatoms. The van der Waals surface area contributed by atoms with Crippen molar-refractivity contribution < 1.29 is 4.52 Å². The highest BCUT2D eigenvalue weighted by Gasteiger charge is 2.13. The first-order chi connectivity index (χ1) is 9.74. The Balaban J connectivity index is 1.89. The molecule has 1 aromatic carbocycles. The van der Waals surface area contributed by atoms with Crippen molar-refractivity contribution in [3.63, 3.8) is 0 Å². The molecular weight excluding hydrogens is 276 g/mol. The van der Waals surface area contributed by atoms with Crippen molar-refractivity contribution in [3.8, 4) is 11.5 Å². The van der Waals surface area contributed by atoms with Crippen LogP contribution in [-0.4, -0.2) is 15.1 Å². The second kappa shape index (κ2) is 5.30. The van der Waals surface area contributed by atoms with Gasteiger partial charge in [0, 0.05) is 11.9 Å². The summed E-state index contributed by atoms with van der Waals surface area (Å²) in [5.41, 5.74) is 7.85. The molecule has 0 spiro atoms. The third-order valence-electron chi connectivity index (χ3n) is 2.82. The molecule has 0 saturated carbocycles. The standard InChI is InChI=1S/C14H11ClN4O/c15-11-6-3-5-10(13(11)16)14-18-12(19-20-14)8-9-4-1-2-7-17-9/h1-7H,8,16H2. The summed E-state index contributed by atoms with van der Waals surface area (Å²) >= 11 is 5.98. The lowest BCUT2D eigenvalue weighted by Gasteiger charge is -2.01. The summed E-state index contributed by atoms with van der Waals surface area (Å²) in [5.74, 6) is 0.911. The fraction of sp³-hybridized carbons (Fsp3) is 0.0714. The zero-order chi connectivity index (χ0) is 13.9. The number of nitrogen functional groups attached to an aromatic ring is 1. The van der Waals surface area contributed by atoms with Gasteiger partial charge in [-0.2, -0.15) is 4.98 Å². The number of anilines is 1. The lowest BCUT2D eigenvalue weighted by molar-refractivity contribution is 0.424. The zero-order valence-electron chi connectivity index (χ0n) is 10.5. The van der Waals surface area contributed by atoms with Gasteiger partial charge in [0.15, 0.2) is 5.82 Å². The molecule has 0 amide bonds. The summed E-state index contributed by atoms with van der Waals surface area (Å²) in [4.78, 5) is 8.54. The van der Waals surface area contributed by atoms with E-state index in [1.165, 1.54) is 0 Å². The number of pyridine rings is 1. The minimum absolute atomic E-state index is 0.357. The molecule has 2 N–H and O–H groups in total. The summed E-state index contributed by atoms with van der Waals surface area (Å²) in [6, 6.07) is 11.0. The van der Waals surface area contributed by atoms with Gasteiger partial charge in [0.05, 0.1) is 22.7 Å². The highest BCUT2D eigenvalue weighted by atomic mass is 35.5. The molecule has 0 aliphatic heterocycles. The summed E-state index contributed by atoms with van der Waals surface area (Å²) < 4.78 is 5.23. The van der Waals surface area contributed by atoms with Crippen molar-refractivity contribution in [2.75, 3.05) is 5.73 Å². The van der Waals surface area contributed by atoms with Gasteiger partial charge < -0.3 is 10.3 Å². The van der Waals surface area contributed by atoms with Crippen LogP contribution in [0.5, 0.6) is 0 Å². The van der Waals surface area contributed by atoms with Gasteiger partial charge in [-0.1, -0.05) is 28.9 Å². The summed E-state index contributed by atoms with van der Waals surface area (Å²) in [6.07, 6.45) is 2.23. The second-order valence-corrected chi connectivity index (χ2v) is 4.62. The van der Waals surface area contributed by atoms with Crippen LogP contribution in [0.25, 0.3) is 11.5 Å². The van der Waals surface area contributed by atoms with E-state index in [1.54, 1.807) is 24.4 Å². The first-order valence-electron chi connectivity index (χ1n) is 6.01. The molecule has 2 aromatic heterocycles. The number of rotatable bonds is 3. The van der Waals surface area contributed by atoms with Crippen molar-refractivity contribution in [1.82, 2.24) is 15.1 Å². The van der Waals surface area contributed by atoms with Crippen LogP contribution in [0.1, 0.15) is 11.5 Å². The van der Waals surface area contributed by atoms with Gasteiger partial charge in [0.1, 0.15) is 0 Å². The molecule has 20 heavy (non-hydrogen) atoms. The highest BCUT2D eigenvalue weighted by Crippen LogP contribution is 2.30. The minimum Gasteiger partial charge on any atom is -0.397 e. The molecular formula is C14H11ClN4O. The smallest absolute Gasteiger partial charge is 0.260 e. The third-order valence-corrected chi connectivity index (χ3v) is 3.15. The topological polar surface area (TPSA) is 77.8 Å². The molecule has 0 atom stereocenters. The molecule has 2 heterocycles. The van der Waals surface area contributed by atoms with Crippen molar-refractivity contribution in [2.45, 2.75) is 6.42 Å². The van der Waals surface area contributed by atoms with Crippen LogP contribution in [0.2, 0.25) is 5.02 Å². The van der Waals surface area contributed by atoms with Gasteiger partial charge in [-0.15, -0.1) is 0 Å². The molecule has 0 bridgehead atoms. The third kappa shape index (κ3) is 2.48. The number of benzene rings is 1. The monoisotopic (exact) mass is 286 g/mol. The van der Waals surface area contributed by atoms with Crippen molar-refractivity contribution in [1.29, 1.82) is 0 Å². The molecule has 0 unspecified atom stereocenters. The molecule has 3 aromatic rings. The first kappa shape index (κ1) is 12.6. The molecule has 0 aliphatic carbocycles. The van der Waals surface area contributed by atoms with Gasteiger partial charge in [0.25, 0.3) is 5.89 Å². The van der Waals surface area contributed by atoms with Crippen LogP contribution in [0.3, 0.4) is 0 Å². The van der Waals surface area contributed by atoms with E-state index in [0.717, 1.165) is 5.69 Å². The Morgan fingerprint density at radius 1 is 1.15 bits per heavy atom. The van der Waals surface area contributed by atoms with E-state index >= 15 is 0 Å². The zero-order valence-corrected chi connectivity index (χ0v) is 11.2.